The zero-order chi connectivity index (χ0) is 17.4. The molecule has 0 spiro atoms. The molecule has 0 atom stereocenters. The second-order valence-electron chi connectivity index (χ2n) is 5.89. The zero-order valence-electron chi connectivity index (χ0n) is 13.6. The molecule has 0 unspecified atom stereocenters. The van der Waals surface area contributed by atoms with Gasteiger partial charge in [-0.1, -0.05) is 22.9 Å². The van der Waals surface area contributed by atoms with E-state index in [9.17, 15) is 4.79 Å². The summed E-state index contributed by atoms with van der Waals surface area (Å²) in [5, 5.41) is 8.83. The molecular weight excluding hydrogens is 340 g/mol. The van der Waals surface area contributed by atoms with E-state index >= 15 is 0 Å². The Morgan fingerprint density at radius 3 is 3.04 bits per heavy atom. The van der Waals surface area contributed by atoms with Crippen LogP contribution in [0, 0.1) is 6.92 Å². The molecule has 1 aliphatic rings. The Morgan fingerprint density at radius 1 is 1.32 bits per heavy atom. The first kappa shape index (κ1) is 15.7. The molecule has 7 nitrogen and oxygen atoms in total. The van der Waals surface area contributed by atoms with Crippen LogP contribution in [0.25, 0.3) is 5.69 Å². The van der Waals surface area contributed by atoms with Crippen molar-refractivity contribution in [2.45, 2.75) is 19.9 Å². The molecule has 0 fully saturated rings. The maximum absolute atomic E-state index is 12.9. The lowest BCUT2D eigenvalue weighted by Gasteiger charge is -2.27. The van der Waals surface area contributed by atoms with Crippen LogP contribution in [0.4, 0.5) is 0 Å². The third-order valence-corrected chi connectivity index (χ3v) is 4.55. The number of carbonyl (C=O) groups excluding carboxylic acids is 1. The van der Waals surface area contributed by atoms with E-state index in [-0.39, 0.29) is 5.91 Å². The van der Waals surface area contributed by atoms with Crippen molar-refractivity contribution >= 4 is 17.5 Å². The Bertz CT molecular complexity index is 954. The number of aromatic nitrogens is 5. The summed E-state index contributed by atoms with van der Waals surface area (Å²) in [5.41, 5.74) is 3.77. The second-order valence-corrected chi connectivity index (χ2v) is 6.32. The molecule has 4 rings (SSSR count). The number of hydrogen-bond acceptors (Lipinski definition) is 5. The highest BCUT2D eigenvalue weighted by atomic mass is 35.5. The van der Waals surface area contributed by atoms with Gasteiger partial charge in [-0.2, -0.15) is 0 Å². The summed E-state index contributed by atoms with van der Waals surface area (Å²) in [6.07, 6.45) is 4.06. The first-order valence-electron chi connectivity index (χ1n) is 7.89. The monoisotopic (exact) mass is 354 g/mol. The minimum absolute atomic E-state index is 0.143. The number of carbonyl (C=O) groups is 1. The first-order chi connectivity index (χ1) is 12.1. The van der Waals surface area contributed by atoms with Gasteiger partial charge in [-0.15, -0.1) is 5.10 Å². The van der Waals surface area contributed by atoms with Crippen molar-refractivity contribution in [3.05, 3.63) is 64.5 Å². The molecule has 1 aliphatic heterocycles. The standard InChI is InChI=1S/C17H15ClN6O/c1-11-16(21-22-24(11)14-4-2-3-13(18)7-14)17(25)23-6-5-12-8-19-10-20-15(12)9-23/h2-4,7-8,10H,5-6,9H2,1H3. The highest BCUT2D eigenvalue weighted by molar-refractivity contribution is 6.30. The van der Waals surface area contributed by atoms with Gasteiger partial charge < -0.3 is 4.90 Å². The van der Waals surface area contributed by atoms with E-state index < -0.39 is 0 Å². The molecule has 0 radical (unpaired) electrons. The largest absolute Gasteiger partial charge is 0.331 e. The Kier molecular flexibility index (Phi) is 3.93. The number of amides is 1. The topological polar surface area (TPSA) is 76.8 Å². The molecule has 8 heteroatoms. The summed E-state index contributed by atoms with van der Waals surface area (Å²) >= 11 is 6.04. The summed E-state index contributed by atoms with van der Waals surface area (Å²) in [6.45, 7) is 2.90. The maximum atomic E-state index is 12.9. The van der Waals surface area contributed by atoms with Gasteiger partial charge in [0.25, 0.3) is 5.91 Å². The first-order valence-corrected chi connectivity index (χ1v) is 8.26. The van der Waals surface area contributed by atoms with Gasteiger partial charge in [0.15, 0.2) is 5.69 Å². The third-order valence-electron chi connectivity index (χ3n) is 4.31. The van der Waals surface area contributed by atoms with Gasteiger partial charge in [-0.3, -0.25) is 4.79 Å². The molecule has 1 aromatic carbocycles. The lowest BCUT2D eigenvalue weighted by Crippen LogP contribution is -2.37. The van der Waals surface area contributed by atoms with Crippen molar-refractivity contribution in [2.24, 2.45) is 0 Å². The fraction of sp³-hybridized carbons (Fsp3) is 0.235. The van der Waals surface area contributed by atoms with Crippen LogP contribution in [-0.2, 0) is 13.0 Å². The SMILES string of the molecule is Cc1c(C(=O)N2CCc3cncnc3C2)nnn1-c1cccc(Cl)c1. The molecule has 2 aromatic heterocycles. The fourth-order valence-electron chi connectivity index (χ4n) is 2.95. The van der Waals surface area contributed by atoms with Crippen LogP contribution in [0.5, 0.6) is 0 Å². The zero-order valence-corrected chi connectivity index (χ0v) is 14.3. The van der Waals surface area contributed by atoms with Crippen LogP contribution in [0.1, 0.15) is 27.4 Å². The molecule has 0 N–H and O–H groups in total. The smallest absolute Gasteiger partial charge is 0.276 e. The lowest BCUT2D eigenvalue weighted by molar-refractivity contribution is 0.0725. The predicted octanol–water partition coefficient (Wildman–Crippen LogP) is 2.22. The molecule has 0 saturated carbocycles. The van der Waals surface area contributed by atoms with E-state index in [2.05, 4.69) is 20.3 Å². The summed E-state index contributed by atoms with van der Waals surface area (Å²) in [7, 11) is 0. The van der Waals surface area contributed by atoms with Gasteiger partial charge in [0.1, 0.15) is 6.33 Å². The average Bonchev–Trinajstić information content (AvgIpc) is 3.02. The molecular formula is C17H15ClN6O. The highest BCUT2D eigenvalue weighted by Crippen LogP contribution is 2.20. The van der Waals surface area contributed by atoms with Crippen LogP contribution in [0.3, 0.4) is 0 Å². The van der Waals surface area contributed by atoms with Crippen molar-refractivity contribution in [1.82, 2.24) is 29.9 Å². The Balaban J connectivity index is 1.62. The van der Waals surface area contributed by atoms with E-state index in [0.717, 1.165) is 23.4 Å². The van der Waals surface area contributed by atoms with Crippen molar-refractivity contribution in [3.8, 4) is 5.69 Å². The number of benzene rings is 1. The average molecular weight is 355 g/mol. The van der Waals surface area contributed by atoms with Crippen LogP contribution in [0.15, 0.2) is 36.8 Å². The molecule has 3 aromatic rings. The number of nitrogens with zero attached hydrogens (tertiary/aromatic N) is 6. The van der Waals surface area contributed by atoms with Crippen molar-refractivity contribution < 1.29 is 4.79 Å². The summed E-state index contributed by atoms with van der Waals surface area (Å²) in [4.78, 5) is 22.9. The molecule has 0 bridgehead atoms. The second kappa shape index (κ2) is 6.25. The molecule has 0 aliphatic carbocycles. The number of hydrogen-bond donors (Lipinski definition) is 0. The van der Waals surface area contributed by atoms with Crippen LogP contribution in [-0.4, -0.2) is 42.3 Å². The molecule has 0 saturated heterocycles. The van der Waals surface area contributed by atoms with Gasteiger partial charge in [-0.05, 0) is 37.1 Å². The molecule has 3 heterocycles. The van der Waals surface area contributed by atoms with Gasteiger partial charge >= 0.3 is 0 Å². The van der Waals surface area contributed by atoms with Gasteiger partial charge in [0.2, 0.25) is 0 Å². The van der Waals surface area contributed by atoms with Crippen molar-refractivity contribution in [2.75, 3.05) is 6.54 Å². The minimum atomic E-state index is -0.143. The Hall–Kier alpha value is -2.80. The summed E-state index contributed by atoms with van der Waals surface area (Å²) in [5.74, 6) is -0.143. The minimum Gasteiger partial charge on any atom is -0.331 e. The van der Waals surface area contributed by atoms with E-state index in [1.807, 2.05) is 25.3 Å². The molecule has 25 heavy (non-hydrogen) atoms. The van der Waals surface area contributed by atoms with Crippen LogP contribution < -0.4 is 0 Å². The predicted molar refractivity (Wildman–Crippen MR) is 91.6 cm³/mol. The van der Waals surface area contributed by atoms with Crippen molar-refractivity contribution in [1.29, 1.82) is 0 Å². The quantitative estimate of drug-likeness (QED) is 0.705. The third kappa shape index (κ3) is 2.87. The summed E-state index contributed by atoms with van der Waals surface area (Å²) < 4.78 is 1.62. The fourth-order valence-corrected chi connectivity index (χ4v) is 3.14. The van der Waals surface area contributed by atoms with Gasteiger partial charge in [0, 0.05) is 17.8 Å². The van der Waals surface area contributed by atoms with Crippen LogP contribution >= 0.6 is 11.6 Å². The summed E-state index contributed by atoms with van der Waals surface area (Å²) in [6, 6.07) is 7.28. The number of rotatable bonds is 2. The highest BCUT2D eigenvalue weighted by Gasteiger charge is 2.27. The van der Waals surface area contributed by atoms with E-state index in [4.69, 9.17) is 11.6 Å². The lowest BCUT2D eigenvalue weighted by atomic mass is 10.1. The normalized spacial score (nSPS) is 13.6. The Labute approximate surface area is 149 Å². The van der Waals surface area contributed by atoms with Gasteiger partial charge in [0.05, 0.1) is 23.6 Å². The van der Waals surface area contributed by atoms with Crippen molar-refractivity contribution in [3.63, 3.8) is 0 Å². The Morgan fingerprint density at radius 2 is 2.20 bits per heavy atom. The van der Waals surface area contributed by atoms with E-state index in [0.29, 0.717) is 29.5 Å². The number of fused-ring (bicyclic) bond motifs is 1. The van der Waals surface area contributed by atoms with E-state index in [1.165, 1.54) is 6.33 Å². The molecule has 1 amide bonds. The number of halogens is 1. The van der Waals surface area contributed by atoms with E-state index in [1.54, 1.807) is 21.7 Å². The van der Waals surface area contributed by atoms with Crippen LogP contribution in [0.2, 0.25) is 5.02 Å². The molecule has 126 valence electrons. The van der Waals surface area contributed by atoms with Gasteiger partial charge in [-0.25, -0.2) is 14.6 Å². The maximum Gasteiger partial charge on any atom is 0.276 e.